The summed E-state index contributed by atoms with van der Waals surface area (Å²) in [5, 5.41) is 4.79. The van der Waals surface area contributed by atoms with Gasteiger partial charge in [-0.3, -0.25) is 4.72 Å². The monoisotopic (exact) mass is 561 g/mol. The number of halogens is 1. The minimum atomic E-state index is -3.52. The Morgan fingerprint density at radius 1 is 1.02 bits per heavy atom. The zero-order valence-electron chi connectivity index (χ0n) is 22.5. The van der Waals surface area contributed by atoms with E-state index in [4.69, 9.17) is 9.72 Å². The fourth-order valence-corrected chi connectivity index (χ4v) is 6.55. The van der Waals surface area contributed by atoms with E-state index in [2.05, 4.69) is 20.0 Å². The van der Waals surface area contributed by atoms with Crippen molar-refractivity contribution in [1.29, 1.82) is 0 Å². The summed E-state index contributed by atoms with van der Waals surface area (Å²) in [5.41, 5.74) is 2.59. The first-order valence-electron chi connectivity index (χ1n) is 13.6. The Bertz CT molecular complexity index is 1680. The summed E-state index contributed by atoms with van der Waals surface area (Å²) in [6.45, 7) is 3.65. The lowest BCUT2D eigenvalue weighted by molar-refractivity contribution is 0.239. The number of alkyl halides is 1. The number of sulfonamides is 1. The topological polar surface area (TPSA) is 106 Å². The molecule has 0 bridgehead atoms. The molecular formula is C30H32FN5O3S. The van der Waals surface area contributed by atoms with Gasteiger partial charge >= 0.3 is 0 Å². The number of aromatic nitrogens is 3. The third-order valence-corrected chi connectivity index (χ3v) is 10.1. The molecule has 2 atom stereocenters. The lowest BCUT2D eigenvalue weighted by Crippen LogP contribution is -2.28. The van der Waals surface area contributed by atoms with Crippen LogP contribution in [0.5, 0.6) is 11.6 Å². The summed E-state index contributed by atoms with van der Waals surface area (Å²) < 4.78 is 48.5. The second-order valence-electron chi connectivity index (χ2n) is 11.0. The van der Waals surface area contributed by atoms with E-state index in [0.717, 1.165) is 29.2 Å². The van der Waals surface area contributed by atoms with Crippen molar-refractivity contribution < 1.29 is 17.5 Å². The Hall–Kier alpha value is -3.79. The predicted molar refractivity (Wildman–Crippen MR) is 155 cm³/mol. The van der Waals surface area contributed by atoms with Gasteiger partial charge in [-0.1, -0.05) is 24.3 Å². The first-order chi connectivity index (χ1) is 19.2. The Labute approximate surface area is 233 Å². The molecular weight excluding hydrogens is 529 g/mol. The van der Waals surface area contributed by atoms with Crippen LogP contribution in [0.15, 0.2) is 60.9 Å². The Morgan fingerprint density at radius 3 is 2.60 bits per heavy atom. The minimum Gasteiger partial charge on any atom is -0.437 e. The molecule has 2 fully saturated rings. The van der Waals surface area contributed by atoms with E-state index in [1.807, 2.05) is 43.3 Å². The normalized spacial score (nSPS) is 20.2. The molecule has 0 radical (unpaired) electrons. The highest BCUT2D eigenvalue weighted by Crippen LogP contribution is 2.45. The maximum absolute atomic E-state index is 13.9. The van der Waals surface area contributed by atoms with E-state index in [1.165, 1.54) is 0 Å². The highest BCUT2D eigenvalue weighted by atomic mass is 32.2. The summed E-state index contributed by atoms with van der Waals surface area (Å²) in [7, 11) is -3.52. The van der Waals surface area contributed by atoms with Crippen molar-refractivity contribution in [2.45, 2.75) is 69.3 Å². The number of ether oxygens (including phenoxy) is 1. The highest BCUT2D eigenvalue weighted by Gasteiger charge is 2.50. The van der Waals surface area contributed by atoms with Crippen molar-refractivity contribution in [3.63, 3.8) is 0 Å². The molecule has 2 N–H and O–H groups in total. The lowest BCUT2D eigenvalue weighted by atomic mass is 9.94. The number of aryl methyl sites for hydroxylation is 1. The second-order valence-corrected chi connectivity index (χ2v) is 13.2. The van der Waals surface area contributed by atoms with Gasteiger partial charge in [0.25, 0.3) is 0 Å². The van der Waals surface area contributed by atoms with Gasteiger partial charge in [0.15, 0.2) is 0 Å². The zero-order valence-corrected chi connectivity index (χ0v) is 23.3. The van der Waals surface area contributed by atoms with Gasteiger partial charge in [0, 0.05) is 29.2 Å². The van der Waals surface area contributed by atoms with Crippen LogP contribution in [0.25, 0.3) is 22.0 Å². The van der Waals surface area contributed by atoms with Gasteiger partial charge in [-0.05, 0) is 82.2 Å². The summed E-state index contributed by atoms with van der Waals surface area (Å²) in [5.74, 6) is 1.38. The maximum atomic E-state index is 13.9. The molecule has 0 unspecified atom stereocenters. The van der Waals surface area contributed by atoms with Crippen LogP contribution < -0.4 is 14.8 Å². The molecule has 4 aromatic rings. The molecule has 2 saturated carbocycles. The van der Waals surface area contributed by atoms with Crippen LogP contribution >= 0.6 is 0 Å². The van der Waals surface area contributed by atoms with Crippen LogP contribution in [0.4, 0.5) is 16.0 Å². The molecule has 0 amide bonds. The third kappa shape index (κ3) is 5.20. The van der Waals surface area contributed by atoms with Gasteiger partial charge < -0.3 is 10.1 Å². The summed E-state index contributed by atoms with van der Waals surface area (Å²) in [6.07, 6.45) is 6.60. The van der Waals surface area contributed by atoms with Gasteiger partial charge in [0.2, 0.25) is 21.9 Å². The molecule has 10 heteroatoms. The molecule has 8 nitrogen and oxygen atoms in total. The van der Waals surface area contributed by atoms with Crippen LogP contribution in [0.1, 0.15) is 51.0 Å². The largest absolute Gasteiger partial charge is 0.437 e. The first kappa shape index (κ1) is 26.4. The van der Waals surface area contributed by atoms with E-state index in [9.17, 15) is 12.8 Å². The Balaban J connectivity index is 1.33. The van der Waals surface area contributed by atoms with Crippen molar-refractivity contribution in [1.82, 2.24) is 15.0 Å². The van der Waals surface area contributed by atoms with Crippen LogP contribution in [-0.4, -0.2) is 40.3 Å². The first-order valence-corrected chi connectivity index (χ1v) is 15.1. The van der Waals surface area contributed by atoms with Gasteiger partial charge in [-0.2, -0.15) is 0 Å². The number of pyridine rings is 1. The zero-order chi connectivity index (χ0) is 27.9. The van der Waals surface area contributed by atoms with Crippen molar-refractivity contribution in [3.8, 4) is 22.9 Å². The predicted octanol–water partition coefficient (Wildman–Crippen LogP) is 6.78. The fraction of sp³-hybridized carbons (Fsp3) is 0.367. The molecule has 2 heterocycles. The molecule has 6 rings (SSSR count). The average molecular weight is 562 g/mol. The molecule has 208 valence electrons. The van der Waals surface area contributed by atoms with Crippen molar-refractivity contribution in [2.75, 3.05) is 10.0 Å². The Kier molecular flexibility index (Phi) is 6.82. The third-order valence-electron chi connectivity index (χ3n) is 7.87. The number of rotatable bonds is 8. The van der Waals surface area contributed by atoms with E-state index < -0.39 is 20.9 Å². The number of hydrogen-bond acceptors (Lipinski definition) is 7. The van der Waals surface area contributed by atoms with Gasteiger partial charge in [-0.25, -0.2) is 27.8 Å². The van der Waals surface area contributed by atoms with Crippen molar-refractivity contribution >= 4 is 32.4 Å². The average Bonchev–Trinajstić information content (AvgIpc) is 3.70. The number of nitrogens with one attached hydrogen (secondary N) is 2. The van der Waals surface area contributed by atoms with E-state index in [1.54, 1.807) is 31.5 Å². The quantitative estimate of drug-likeness (QED) is 0.244. The van der Waals surface area contributed by atoms with Crippen LogP contribution in [0.2, 0.25) is 0 Å². The molecule has 0 spiro atoms. The fourth-order valence-electron chi connectivity index (χ4n) is 5.21. The molecule has 40 heavy (non-hydrogen) atoms. The van der Waals surface area contributed by atoms with Crippen molar-refractivity contribution in [2.24, 2.45) is 0 Å². The molecule has 0 saturated heterocycles. The molecule has 2 aromatic carbocycles. The lowest BCUT2D eigenvalue weighted by Gasteiger charge is -2.25. The highest BCUT2D eigenvalue weighted by molar-refractivity contribution is 7.94. The standard InChI is InChI=1S/C30H32FN5O3S/c1-19-17-26(36-40(37,38)30(2)13-14-30)22-9-3-4-10-23(22)27(19)39-28-24(11-6-15-32-28)25-12-16-33-29(35-25)34-21-8-5-7-20(31)18-21/h3-4,6,9-12,15-17,20-21,36H,5,7-8,13-14,18H2,1-2H3,(H,33,34,35)/t20-,21-/m1/s1. The number of benzene rings is 2. The van der Waals surface area contributed by atoms with E-state index in [0.29, 0.717) is 60.2 Å². The van der Waals surface area contributed by atoms with Crippen LogP contribution in [0.3, 0.4) is 0 Å². The molecule has 0 aliphatic heterocycles. The second kappa shape index (κ2) is 10.3. The minimum absolute atomic E-state index is 0.00364. The van der Waals surface area contributed by atoms with E-state index in [-0.39, 0.29) is 6.04 Å². The number of nitrogens with zero attached hydrogens (tertiary/aromatic N) is 3. The van der Waals surface area contributed by atoms with Crippen LogP contribution in [-0.2, 0) is 10.0 Å². The smallest absolute Gasteiger partial charge is 0.238 e. The van der Waals surface area contributed by atoms with Gasteiger partial charge in [0.05, 0.1) is 21.7 Å². The van der Waals surface area contributed by atoms with E-state index >= 15 is 0 Å². The molecule has 2 aliphatic carbocycles. The SMILES string of the molecule is Cc1cc(NS(=O)(=O)C2(C)CC2)c2ccccc2c1Oc1ncccc1-c1ccnc(N[C@@H]2CCC[C@@H](F)C2)n1. The van der Waals surface area contributed by atoms with Gasteiger partial charge in [-0.15, -0.1) is 0 Å². The molecule has 2 aliphatic rings. The molecule has 2 aromatic heterocycles. The maximum Gasteiger partial charge on any atom is 0.238 e. The number of fused-ring (bicyclic) bond motifs is 1. The summed E-state index contributed by atoms with van der Waals surface area (Å²) in [6, 6.07) is 14.8. The van der Waals surface area contributed by atoms with Crippen molar-refractivity contribution in [3.05, 3.63) is 66.5 Å². The summed E-state index contributed by atoms with van der Waals surface area (Å²) >= 11 is 0. The number of anilines is 2. The van der Waals surface area contributed by atoms with Gasteiger partial charge in [0.1, 0.15) is 11.9 Å². The Morgan fingerprint density at radius 2 is 1.82 bits per heavy atom. The summed E-state index contributed by atoms with van der Waals surface area (Å²) in [4.78, 5) is 13.6. The number of hydrogen-bond donors (Lipinski definition) is 2. The van der Waals surface area contributed by atoms with Crippen LogP contribution in [0, 0.1) is 6.92 Å².